The van der Waals surface area contributed by atoms with E-state index in [4.69, 9.17) is 22.1 Å². The summed E-state index contributed by atoms with van der Waals surface area (Å²) in [5.41, 5.74) is 7.47. The number of ether oxygens (including phenoxy) is 1. The molecule has 0 amide bonds. The molecular formula is C17H25ClN2O. The second kappa shape index (κ2) is 7.10. The molecule has 1 aromatic rings. The van der Waals surface area contributed by atoms with E-state index >= 15 is 0 Å². The first-order chi connectivity index (χ1) is 10.2. The fourth-order valence-corrected chi connectivity index (χ4v) is 3.86. The Morgan fingerprint density at radius 2 is 2.19 bits per heavy atom. The molecule has 1 saturated carbocycles. The van der Waals surface area contributed by atoms with Crippen molar-refractivity contribution in [2.45, 2.75) is 50.3 Å². The molecule has 116 valence electrons. The molecule has 3 nitrogen and oxygen atoms in total. The number of nitrogens with zero attached hydrogens (tertiary/aromatic N) is 1. The molecule has 2 N–H and O–H groups in total. The molecule has 1 aliphatic heterocycles. The van der Waals surface area contributed by atoms with Gasteiger partial charge in [-0.1, -0.05) is 36.6 Å². The molecule has 0 aromatic heterocycles. The third-order valence-electron chi connectivity index (χ3n) is 4.85. The van der Waals surface area contributed by atoms with Crippen LogP contribution in [0.25, 0.3) is 0 Å². The molecular weight excluding hydrogens is 284 g/mol. The summed E-state index contributed by atoms with van der Waals surface area (Å²) < 4.78 is 5.93. The van der Waals surface area contributed by atoms with Crippen LogP contribution in [0.4, 0.5) is 0 Å². The summed E-state index contributed by atoms with van der Waals surface area (Å²) in [7, 11) is 0. The average Bonchev–Trinajstić information content (AvgIpc) is 2.52. The fourth-order valence-electron chi connectivity index (χ4n) is 3.66. The summed E-state index contributed by atoms with van der Waals surface area (Å²) in [6.07, 6.45) is 6.58. The van der Waals surface area contributed by atoms with Crippen LogP contribution in [0.1, 0.15) is 43.7 Å². The molecule has 3 atom stereocenters. The second-order valence-electron chi connectivity index (χ2n) is 6.25. The van der Waals surface area contributed by atoms with Crippen molar-refractivity contribution >= 4 is 11.6 Å². The average molecular weight is 309 g/mol. The number of morpholine rings is 1. The SMILES string of the molecule is NC(CCN1CCOC2CCCCC21)c1cccc(Cl)c1. The van der Waals surface area contributed by atoms with Gasteiger partial charge in [-0.05, 0) is 37.0 Å². The van der Waals surface area contributed by atoms with Crippen LogP contribution < -0.4 is 5.73 Å². The highest BCUT2D eigenvalue weighted by molar-refractivity contribution is 6.30. The van der Waals surface area contributed by atoms with Crippen LogP contribution in [-0.4, -0.2) is 36.7 Å². The summed E-state index contributed by atoms with van der Waals surface area (Å²) in [6.45, 7) is 2.97. The third kappa shape index (κ3) is 3.78. The van der Waals surface area contributed by atoms with Crippen LogP contribution in [-0.2, 0) is 4.74 Å². The van der Waals surface area contributed by atoms with Gasteiger partial charge in [0.25, 0.3) is 0 Å². The van der Waals surface area contributed by atoms with Crippen LogP contribution in [0.3, 0.4) is 0 Å². The van der Waals surface area contributed by atoms with E-state index in [1.165, 1.54) is 25.7 Å². The van der Waals surface area contributed by atoms with Gasteiger partial charge < -0.3 is 10.5 Å². The van der Waals surface area contributed by atoms with Crippen molar-refractivity contribution in [1.82, 2.24) is 4.90 Å². The topological polar surface area (TPSA) is 38.5 Å². The van der Waals surface area contributed by atoms with E-state index in [1.807, 2.05) is 18.2 Å². The highest BCUT2D eigenvalue weighted by Gasteiger charge is 2.33. The first-order valence-electron chi connectivity index (χ1n) is 8.11. The summed E-state index contributed by atoms with van der Waals surface area (Å²) in [4.78, 5) is 2.59. The summed E-state index contributed by atoms with van der Waals surface area (Å²) >= 11 is 6.05. The van der Waals surface area contributed by atoms with Crippen molar-refractivity contribution in [3.05, 3.63) is 34.9 Å². The van der Waals surface area contributed by atoms with Gasteiger partial charge in [-0.2, -0.15) is 0 Å². The van der Waals surface area contributed by atoms with E-state index in [9.17, 15) is 0 Å². The Balaban J connectivity index is 1.56. The van der Waals surface area contributed by atoms with E-state index in [2.05, 4.69) is 11.0 Å². The molecule has 3 rings (SSSR count). The van der Waals surface area contributed by atoms with Gasteiger partial charge in [0, 0.05) is 30.2 Å². The maximum Gasteiger partial charge on any atom is 0.0730 e. The molecule has 21 heavy (non-hydrogen) atoms. The summed E-state index contributed by atoms with van der Waals surface area (Å²) in [5, 5.41) is 0.765. The quantitative estimate of drug-likeness (QED) is 0.927. The lowest BCUT2D eigenvalue weighted by molar-refractivity contribution is -0.0885. The molecule has 0 radical (unpaired) electrons. The van der Waals surface area contributed by atoms with Gasteiger partial charge in [-0.15, -0.1) is 0 Å². The van der Waals surface area contributed by atoms with Gasteiger partial charge in [0.05, 0.1) is 12.7 Å². The predicted molar refractivity (Wildman–Crippen MR) is 86.6 cm³/mol. The first-order valence-corrected chi connectivity index (χ1v) is 8.48. The molecule has 2 fully saturated rings. The molecule has 4 heteroatoms. The third-order valence-corrected chi connectivity index (χ3v) is 5.09. The first kappa shape index (κ1) is 15.3. The zero-order valence-electron chi connectivity index (χ0n) is 12.5. The van der Waals surface area contributed by atoms with Crippen molar-refractivity contribution in [2.24, 2.45) is 5.73 Å². The molecule has 1 heterocycles. The van der Waals surface area contributed by atoms with Crippen molar-refractivity contribution < 1.29 is 4.74 Å². The normalized spacial score (nSPS) is 28.1. The Labute approximate surface area is 132 Å². The van der Waals surface area contributed by atoms with E-state index in [1.54, 1.807) is 0 Å². The fraction of sp³-hybridized carbons (Fsp3) is 0.647. The van der Waals surface area contributed by atoms with Crippen LogP contribution >= 0.6 is 11.6 Å². The zero-order valence-corrected chi connectivity index (χ0v) is 13.3. The zero-order chi connectivity index (χ0) is 14.7. The van der Waals surface area contributed by atoms with Crippen LogP contribution in [0.15, 0.2) is 24.3 Å². The maximum atomic E-state index is 6.33. The molecule has 1 aliphatic carbocycles. The minimum absolute atomic E-state index is 0.0635. The number of halogens is 1. The smallest absolute Gasteiger partial charge is 0.0730 e. The van der Waals surface area contributed by atoms with E-state index in [0.717, 1.165) is 36.7 Å². The standard InChI is InChI=1S/C17H25ClN2O/c18-14-5-3-4-13(12-14)15(19)8-9-20-10-11-21-17-7-2-1-6-16(17)20/h3-5,12,15-17H,1-2,6-11,19H2. The molecule has 0 bridgehead atoms. The largest absolute Gasteiger partial charge is 0.375 e. The van der Waals surface area contributed by atoms with Crippen LogP contribution in [0.2, 0.25) is 5.02 Å². The number of rotatable bonds is 4. The van der Waals surface area contributed by atoms with Gasteiger partial charge in [-0.3, -0.25) is 4.90 Å². The number of hydrogen-bond acceptors (Lipinski definition) is 3. The molecule has 0 spiro atoms. The monoisotopic (exact) mass is 308 g/mol. The number of nitrogens with two attached hydrogens (primary N) is 1. The minimum Gasteiger partial charge on any atom is -0.375 e. The lowest BCUT2D eigenvalue weighted by atomic mass is 9.90. The minimum atomic E-state index is 0.0635. The van der Waals surface area contributed by atoms with Gasteiger partial charge in [-0.25, -0.2) is 0 Å². The lowest BCUT2D eigenvalue weighted by Gasteiger charge is -2.44. The van der Waals surface area contributed by atoms with Gasteiger partial charge in [0.2, 0.25) is 0 Å². The highest BCUT2D eigenvalue weighted by Crippen LogP contribution is 2.29. The maximum absolute atomic E-state index is 6.33. The lowest BCUT2D eigenvalue weighted by Crippen LogP contribution is -2.53. The Hall–Kier alpha value is -0.610. The summed E-state index contributed by atoms with van der Waals surface area (Å²) in [6, 6.07) is 8.59. The number of benzene rings is 1. The van der Waals surface area contributed by atoms with Crippen molar-refractivity contribution in [2.75, 3.05) is 19.7 Å². The summed E-state index contributed by atoms with van der Waals surface area (Å²) in [5.74, 6) is 0. The van der Waals surface area contributed by atoms with Crippen LogP contribution in [0.5, 0.6) is 0 Å². The number of hydrogen-bond donors (Lipinski definition) is 1. The van der Waals surface area contributed by atoms with Crippen LogP contribution in [0, 0.1) is 0 Å². The van der Waals surface area contributed by atoms with Crippen molar-refractivity contribution in [3.8, 4) is 0 Å². The number of fused-ring (bicyclic) bond motifs is 1. The van der Waals surface area contributed by atoms with Crippen molar-refractivity contribution in [3.63, 3.8) is 0 Å². The van der Waals surface area contributed by atoms with Gasteiger partial charge in [0.15, 0.2) is 0 Å². The molecule has 2 aliphatic rings. The molecule has 1 saturated heterocycles. The predicted octanol–water partition coefficient (Wildman–Crippen LogP) is 3.37. The highest BCUT2D eigenvalue weighted by atomic mass is 35.5. The second-order valence-corrected chi connectivity index (χ2v) is 6.68. The Morgan fingerprint density at radius 3 is 3.05 bits per heavy atom. The Morgan fingerprint density at radius 1 is 1.33 bits per heavy atom. The molecule has 3 unspecified atom stereocenters. The van der Waals surface area contributed by atoms with E-state index < -0.39 is 0 Å². The van der Waals surface area contributed by atoms with Gasteiger partial charge >= 0.3 is 0 Å². The van der Waals surface area contributed by atoms with E-state index in [-0.39, 0.29) is 6.04 Å². The van der Waals surface area contributed by atoms with Crippen molar-refractivity contribution in [1.29, 1.82) is 0 Å². The van der Waals surface area contributed by atoms with Gasteiger partial charge in [0.1, 0.15) is 0 Å². The molecule has 1 aromatic carbocycles. The Kier molecular flexibility index (Phi) is 5.17. The van der Waals surface area contributed by atoms with E-state index in [0.29, 0.717) is 12.1 Å². The Bertz CT molecular complexity index is 466.